The Morgan fingerprint density at radius 2 is 1.64 bits per heavy atom. The number of carbonyl (C=O) groups is 3. The molecule has 4 heterocycles. The van der Waals surface area contributed by atoms with Crippen LogP contribution in [-0.4, -0.2) is 72.6 Å². The molecule has 3 fully saturated rings. The van der Waals surface area contributed by atoms with Crippen molar-refractivity contribution in [1.29, 1.82) is 0 Å². The highest BCUT2D eigenvalue weighted by Crippen LogP contribution is 2.39. The van der Waals surface area contributed by atoms with Crippen LogP contribution in [0.4, 0.5) is 5.69 Å². The minimum Gasteiger partial charge on any atom is -0.392 e. The van der Waals surface area contributed by atoms with Gasteiger partial charge in [0.05, 0.1) is 43.2 Å². The Morgan fingerprint density at radius 1 is 0.889 bits per heavy atom. The zero-order chi connectivity index (χ0) is 31.0. The lowest BCUT2D eigenvalue weighted by atomic mass is 9.98. The molecule has 3 aromatic carbocycles. The maximum absolute atomic E-state index is 13.1. The summed E-state index contributed by atoms with van der Waals surface area (Å²) in [6.07, 6.45) is 1.22. The average molecular weight is 615 g/mol. The molecule has 7 rings (SSSR count). The third-order valence-corrected chi connectivity index (χ3v) is 8.83. The third-order valence-electron chi connectivity index (χ3n) is 8.83. The summed E-state index contributed by atoms with van der Waals surface area (Å²) in [6, 6.07) is 19.3. The Balaban J connectivity index is 1.08. The minimum absolute atomic E-state index is 0.0315. The Bertz CT molecular complexity index is 1590. The summed E-state index contributed by atoms with van der Waals surface area (Å²) in [5.74, 6) is -2.37. The van der Waals surface area contributed by atoms with Gasteiger partial charge in [0.15, 0.2) is 12.1 Å². The van der Waals surface area contributed by atoms with Gasteiger partial charge in [-0.15, -0.1) is 0 Å². The monoisotopic (exact) mass is 614 g/mol. The lowest BCUT2D eigenvalue weighted by Crippen LogP contribution is -2.48. The number of cyclic esters (lactones) is 2. The van der Waals surface area contributed by atoms with Gasteiger partial charge in [-0.2, -0.15) is 0 Å². The highest BCUT2D eigenvalue weighted by atomic mass is 16.7. The number of esters is 2. The number of anilines is 1. The molecule has 4 aliphatic heterocycles. The second-order valence-electron chi connectivity index (χ2n) is 11.8. The number of aliphatic hydroxyl groups is 1. The van der Waals surface area contributed by atoms with E-state index in [1.165, 1.54) is 18.2 Å². The molecule has 3 saturated heterocycles. The van der Waals surface area contributed by atoms with E-state index >= 15 is 0 Å². The van der Waals surface area contributed by atoms with E-state index in [9.17, 15) is 19.5 Å². The third kappa shape index (κ3) is 6.28. The van der Waals surface area contributed by atoms with Crippen LogP contribution in [0.15, 0.2) is 66.7 Å². The smallest absolute Gasteiger partial charge is 0.346 e. The number of likely N-dealkylation sites (tertiary alicyclic amines) is 1. The van der Waals surface area contributed by atoms with Crippen molar-refractivity contribution in [1.82, 2.24) is 4.90 Å². The highest BCUT2D eigenvalue weighted by molar-refractivity contribution is 6.16. The van der Waals surface area contributed by atoms with E-state index in [1.54, 1.807) is 12.1 Å². The second kappa shape index (κ2) is 12.4. The number of nitrogens with zero attached hydrogens (tertiary/aromatic N) is 1. The van der Waals surface area contributed by atoms with Gasteiger partial charge >= 0.3 is 11.9 Å². The number of nitrogens with one attached hydrogen (secondary N) is 1. The number of amides is 1. The molecule has 0 aliphatic carbocycles. The minimum atomic E-state index is -0.766. The Kier molecular flexibility index (Phi) is 8.21. The van der Waals surface area contributed by atoms with Crippen LogP contribution in [0.1, 0.15) is 79.4 Å². The number of ether oxygens (including phenoxy) is 5. The van der Waals surface area contributed by atoms with E-state index in [4.69, 9.17) is 18.9 Å². The SMILES string of the molecule is O=C(Nc1cccc(C2OC(CN3CCC4(CC3)OCCO4)CC(c3ccc(CO)cc3)O2)c1)c1ccc2c(c1)C(=O)OC2=O. The largest absolute Gasteiger partial charge is 0.392 e. The zero-order valence-electron chi connectivity index (χ0n) is 24.6. The normalized spacial score (nSPS) is 24.4. The van der Waals surface area contributed by atoms with Gasteiger partial charge < -0.3 is 39.0 Å². The molecular weight excluding hydrogens is 580 g/mol. The fraction of sp³-hybridized carbons (Fsp3) is 0.382. The molecule has 2 N–H and O–H groups in total. The standard InChI is InChI=1S/C34H34N2O9/c37-20-21-4-6-22(7-5-21)29-18-26(19-36-12-10-34(11-13-36)41-14-15-42-34)43-33(44-29)24-2-1-3-25(16-24)35-30(38)23-8-9-27-28(17-23)32(40)45-31(27)39/h1-9,16-17,26,29,33,37H,10-15,18-20H2,(H,35,38). The molecule has 11 nitrogen and oxygen atoms in total. The van der Waals surface area contributed by atoms with Crippen molar-refractivity contribution in [3.63, 3.8) is 0 Å². The zero-order valence-corrected chi connectivity index (χ0v) is 24.6. The molecule has 11 heteroatoms. The van der Waals surface area contributed by atoms with E-state index < -0.39 is 29.9 Å². The molecule has 3 unspecified atom stereocenters. The van der Waals surface area contributed by atoms with Crippen molar-refractivity contribution in [3.8, 4) is 0 Å². The Labute approximate surface area is 260 Å². The van der Waals surface area contributed by atoms with E-state index in [0.29, 0.717) is 25.3 Å². The fourth-order valence-corrected chi connectivity index (χ4v) is 6.38. The van der Waals surface area contributed by atoms with Crippen molar-refractivity contribution in [2.24, 2.45) is 0 Å². The summed E-state index contributed by atoms with van der Waals surface area (Å²) >= 11 is 0. The molecule has 0 aromatic heterocycles. The molecule has 1 amide bonds. The maximum Gasteiger partial charge on any atom is 0.346 e. The first-order valence-corrected chi connectivity index (χ1v) is 15.2. The first-order chi connectivity index (χ1) is 21.9. The van der Waals surface area contributed by atoms with Crippen molar-refractivity contribution < 1.29 is 43.2 Å². The van der Waals surface area contributed by atoms with Gasteiger partial charge in [-0.1, -0.05) is 36.4 Å². The molecule has 3 atom stereocenters. The van der Waals surface area contributed by atoms with Crippen LogP contribution >= 0.6 is 0 Å². The molecule has 3 aromatic rings. The summed E-state index contributed by atoms with van der Waals surface area (Å²) in [7, 11) is 0. The number of benzene rings is 3. The Hall–Kier alpha value is -3.97. The van der Waals surface area contributed by atoms with Crippen LogP contribution < -0.4 is 5.32 Å². The van der Waals surface area contributed by atoms with Crippen LogP contribution in [0.25, 0.3) is 0 Å². The average Bonchev–Trinajstić information content (AvgIpc) is 3.65. The number of rotatable bonds is 7. The van der Waals surface area contributed by atoms with Crippen molar-refractivity contribution in [2.75, 3.05) is 38.2 Å². The van der Waals surface area contributed by atoms with E-state index in [0.717, 1.165) is 49.2 Å². The van der Waals surface area contributed by atoms with Crippen molar-refractivity contribution in [2.45, 2.75) is 50.2 Å². The quantitative estimate of drug-likeness (QED) is 0.296. The summed E-state index contributed by atoms with van der Waals surface area (Å²) in [5, 5.41) is 12.4. The van der Waals surface area contributed by atoms with Crippen LogP contribution in [0.3, 0.4) is 0 Å². The highest BCUT2D eigenvalue weighted by Gasteiger charge is 2.41. The van der Waals surface area contributed by atoms with E-state index in [1.807, 2.05) is 36.4 Å². The van der Waals surface area contributed by atoms with Crippen LogP contribution in [0.2, 0.25) is 0 Å². The number of piperidine rings is 1. The number of hydrogen-bond donors (Lipinski definition) is 2. The number of aliphatic hydroxyl groups excluding tert-OH is 1. The van der Waals surface area contributed by atoms with Crippen LogP contribution in [-0.2, 0) is 30.3 Å². The molecule has 0 radical (unpaired) electrons. The first kappa shape index (κ1) is 29.7. The van der Waals surface area contributed by atoms with Crippen LogP contribution in [0, 0.1) is 0 Å². The molecule has 45 heavy (non-hydrogen) atoms. The van der Waals surface area contributed by atoms with Crippen molar-refractivity contribution >= 4 is 23.5 Å². The second-order valence-corrected chi connectivity index (χ2v) is 11.8. The molecular formula is C34H34N2O9. The van der Waals surface area contributed by atoms with Gasteiger partial charge in [0, 0.05) is 55.7 Å². The molecule has 0 saturated carbocycles. The molecule has 0 bridgehead atoms. The summed E-state index contributed by atoms with van der Waals surface area (Å²) < 4.78 is 29.5. The number of carbonyl (C=O) groups excluding carboxylic acids is 3. The fourth-order valence-electron chi connectivity index (χ4n) is 6.38. The predicted octanol–water partition coefficient (Wildman–Crippen LogP) is 4.13. The Morgan fingerprint density at radius 3 is 2.40 bits per heavy atom. The van der Waals surface area contributed by atoms with Gasteiger partial charge in [-0.25, -0.2) is 9.59 Å². The van der Waals surface area contributed by atoms with E-state index in [2.05, 4.69) is 15.0 Å². The predicted molar refractivity (Wildman–Crippen MR) is 159 cm³/mol. The lowest BCUT2D eigenvalue weighted by Gasteiger charge is -2.41. The van der Waals surface area contributed by atoms with Gasteiger partial charge in [0.1, 0.15) is 0 Å². The van der Waals surface area contributed by atoms with Crippen LogP contribution in [0.5, 0.6) is 0 Å². The molecule has 4 aliphatic rings. The number of hydrogen-bond acceptors (Lipinski definition) is 10. The summed E-state index contributed by atoms with van der Waals surface area (Å²) in [4.78, 5) is 39.2. The maximum atomic E-state index is 13.1. The van der Waals surface area contributed by atoms with Gasteiger partial charge in [0.25, 0.3) is 5.91 Å². The summed E-state index contributed by atoms with van der Waals surface area (Å²) in [5.41, 5.74) is 3.52. The molecule has 234 valence electrons. The van der Waals surface area contributed by atoms with Gasteiger partial charge in [-0.3, -0.25) is 4.79 Å². The van der Waals surface area contributed by atoms with Gasteiger partial charge in [0.2, 0.25) is 0 Å². The molecule has 1 spiro atoms. The van der Waals surface area contributed by atoms with Crippen molar-refractivity contribution in [3.05, 3.63) is 100 Å². The van der Waals surface area contributed by atoms with E-state index in [-0.39, 0.29) is 35.5 Å². The lowest BCUT2D eigenvalue weighted by molar-refractivity contribution is -0.255. The van der Waals surface area contributed by atoms with Gasteiger partial charge in [-0.05, 0) is 41.5 Å². The topological polar surface area (TPSA) is 133 Å². The number of fused-ring (bicyclic) bond motifs is 1. The summed E-state index contributed by atoms with van der Waals surface area (Å²) in [6.45, 7) is 3.67. The first-order valence-electron chi connectivity index (χ1n) is 15.2.